The lowest BCUT2D eigenvalue weighted by atomic mass is 10.3. The molecule has 0 aliphatic carbocycles. The zero-order valence-electron chi connectivity index (χ0n) is 11.6. The zero-order valence-corrected chi connectivity index (χ0v) is 12.5. The molecule has 114 valence electrons. The summed E-state index contributed by atoms with van der Waals surface area (Å²) in [6.45, 7) is 7.65. The Morgan fingerprint density at radius 1 is 1.15 bits per heavy atom. The fraction of sp³-hybridized carbons (Fsp3) is 0.538. The molecule has 0 spiro atoms. The Hall–Kier alpha value is -1.21. The third-order valence-corrected chi connectivity index (χ3v) is 4.47. The number of alkyl halides is 2. The summed E-state index contributed by atoms with van der Waals surface area (Å²) in [6.07, 6.45) is 0. The van der Waals surface area contributed by atoms with Crippen LogP contribution in [0.25, 0.3) is 0 Å². The minimum absolute atomic E-state index is 0.359. The SMILES string of the molecule is CCN(CC)CCNc1ccc(S(=O)(=O)C(F)F)cc1. The quantitative estimate of drug-likeness (QED) is 0.801. The fourth-order valence-electron chi connectivity index (χ4n) is 1.76. The van der Waals surface area contributed by atoms with E-state index >= 15 is 0 Å². The second kappa shape index (κ2) is 7.54. The molecule has 1 aromatic carbocycles. The molecule has 1 N–H and O–H groups in total. The van der Waals surface area contributed by atoms with E-state index < -0.39 is 15.6 Å². The van der Waals surface area contributed by atoms with Crippen molar-refractivity contribution in [2.45, 2.75) is 24.5 Å². The Balaban J connectivity index is 2.60. The van der Waals surface area contributed by atoms with Crippen LogP contribution in [0.1, 0.15) is 13.8 Å². The molecule has 0 fully saturated rings. The lowest BCUT2D eigenvalue weighted by Gasteiger charge is -2.18. The maximum atomic E-state index is 12.4. The van der Waals surface area contributed by atoms with Gasteiger partial charge in [0.1, 0.15) is 0 Å². The normalized spacial score (nSPS) is 12.1. The van der Waals surface area contributed by atoms with Crippen molar-refractivity contribution >= 4 is 15.5 Å². The first-order valence-corrected chi connectivity index (χ1v) is 8.04. The van der Waals surface area contributed by atoms with Crippen molar-refractivity contribution in [2.75, 3.05) is 31.5 Å². The number of nitrogens with one attached hydrogen (secondary N) is 1. The smallest absolute Gasteiger partial charge is 0.341 e. The molecule has 0 saturated heterocycles. The van der Waals surface area contributed by atoms with Gasteiger partial charge in [0.2, 0.25) is 9.84 Å². The summed E-state index contributed by atoms with van der Waals surface area (Å²) in [5.41, 5.74) is 0.713. The van der Waals surface area contributed by atoms with Gasteiger partial charge < -0.3 is 10.2 Å². The number of anilines is 1. The van der Waals surface area contributed by atoms with E-state index in [1.165, 1.54) is 24.3 Å². The largest absolute Gasteiger partial charge is 0.384 e. The lowest BCUT2D eigenvalue weighted by molar-refractivity contribution is 0.234. The molecular formula is C13H20F2N2O2S. The van der Waals surface area contributed by atoms with E-state index in [4.69, 9.17) is 0 Å². The molecule has 0 aromatic heterocycles. The van der Waals surface area contributed by atoms with E-state index in [0.29, 0.717) is 12.2 Å². The van der Waals surface area contributed by atoms with Gasteiger partial charge in [-0.05, 0) is 37.4 Å². The first kappa shape index (κ1) is 16.8. The number of halogens is 2. The molecule has 1 rings (SSSR count). The van der Waals surface area contributed by atoms with E-state index in [9.17, 15) is 17.2 Å². The molecule has 0 saturated carbocycles. The van der Waals surface area contributed by atoms with Crippen LogP contribution in [0.15, 0.2) is 29.2 Å². The Kier molecular flexibility index (Phi) is 6.35. The highest BCUT2D eigenvalue weighted by atomic mass is 32.2. The summed E-state index contributed by atoms with van der Waals surface area (Å²) in [5.74, 6) is -3.39. The van der Waals surface area contributed by atoms with Crippen molar-refractivity contribution in [3.05, 3.63) is 24.3 Å². The topological polar surface area (TPSA) is 49.4 Å². The molecule has 0 aliphatic heterocycles. The second-order valence-corrected chi connectivity index (χ2v) is 6.20. The van der Waals surface area contributed by atoms with E-state index in [1.807, 2.05) is 0 Å². The van der Waals surface area contributed by atoms with Gasteiger partial charge in [-0.1, -0.05) is 13.8 Å². The van der Waals surface area contributed by atoms with Crippen LogP contribution in [0, 0.1) is 0 Å². The number of sulfone groups is 1. The van der Waals surface area contributed by atoms with Gasteiger partial charge >= 0.3 is 5.76 Å². The number of nitrogens with zero attached hydrogens (tertiary/aromatic N) is 1. The van der Waals surface area contributed by atoms with Crippen molar-refractivity contribution < 1.29 is 17.2 Å². The highest BCUT2D eigenvalue weighted by Crippen LogP contribution is 2.20. The third kappa shape index (κ3) is 4.42. The molecule has 0 heterocycles. The van der Waals surface area contributed by atoms with Crippen molar-refractivity contribution in [2.24, 2.45) is 0 Å². The highest BCUT2D eigenvalue weighted by Gasteiger charge is 2.26. The summed E-state index contributed by atoms with van der Waals surface area (Å²) in [7, 11) is -4.50. The lowest BCUT2D eigenvalue weighted by Crippen LogP contribution is -2.28. The van der Waals surface area contributed by atoms with Gasteiger partial charge in [0, 0.05) is 18.8 Å². The van der Waals surface area contributed by atoms with Crippen LogP contribution in [0.5, 0.6) is 0 Å². The van der Waals surface area contributed by atoms with Crippen LogP contribution in [-0.4, -0.2) is 45.3 Å². The monoisotopic (exact) mass is 306 g/mol. The highest BCUT2D eigenvalue weighted by molar-refractivity contribution is 7.91. The van der Waals surface area contributed by atoms with Crippen LogP contribution >= 0.6 is 0 Å². The number of hydrogen-bond donors (Lipinski definition) is 1. The molecule has 0 amide bonds. The van der Waals surface area contributed by atoms with E-state index in [1.54, 1.807) is 0 Å². The zero-order chi connectivity index (χ0) is 15.2. The molecular weight excluding hydrogens is 286 g/mol. The van der Waals surface area contributed by atoms with Crippen molar-refractivity contribution in [1.82, 2.24) is 4.90 Å². The van der Waals surface area contributed by atoms with E-state index in [0.717, 1.165) is 19.6 Å². The van der Waals surface area contributed by atoms with Crippen LogP contribution < -0.4 is 5.32 Å². The molecule has 0 atom stereocenters. The Morgan fingerprint density at radius 2 is 1.70 bits per heavy atom. The minimum atomic E-state index is -4.50. The molecule has 0 radical (unpaired) electrons. The maximum absolute atomic E-state index is 12.4. The predicted octanol–water partition coefficient (Wildman–Crippen LogP) is 2.44. The van der Waals surface area contributed by atoms with Gasteiger partial charge in [-0.15, -0.1) is 0 Å². The minimum Gasteiger partial charge on any atom is -0.384 e. The van der Waals surface area contributed by atoms with Gasteiger partial charge in [-0.3, -0.25) is 0 Å². The first-order chi connectivity index (χ1) is 9.41. The number of rotatable bonds is 8. The molecule has 0 aliphatic rings. The van der Waals surface area contributed by atoms with Crippen LogP contribution in [0.2, 0.25) is 0 Å². The van der Waals surface area contributed by atoms with Gasteiger partial charge in [0.05, 0.1) is 4.90 Å². The molecule has 0 bridgehead atoms. The summed E-state index contributed by atoms with van der Waals surface area (Å²) >= 11 is 0. The molecule has 4 nitrogen and oxygen atoms in total. The number of benzene rings is 1. The van der Waals surface area contributed by atoms with Crippen LogP contribution in [0.3, 0.4) is 0 Å². The average molecular weight is 306 g/mol. The third-order valence-electron chi connectivity index (χ3n) is 3.07. The Labute approximate surface area is 118 Å². The van der Waals surface area contributed by atoms with Crippen molar-refractivity contribution in [3.63, 3.8) is 0 Å². The van der Waals surface area contributed by atoms with Gasteiger partial charge in [-0.2, -0.15) is 8.78 Å². The fourth-order valence-corrected chi connectivity index (χ4v) is 2.48. The van der Waals surface area contributed by atoms with Gasteiger partial charge in [0.25, 0.3) is 0 Å². The van der Waals surface area contributed by atoms with Gasteiger partial charge in [-0.25, -0.2) is 8.42 Å². The molecule has 1 aromatic rings. The first-order valence-electron chi connectivity index (χ1n) is 6.50. The predicted molar refractivity (Wildman–Crippen MR) is 75.9 cm³/mol. The summed E-state index contributed by atoms with van der Waals surface area (Å²) in [6, 6.07) is 5.39. The van der Waals surface area contributed by atoms with Crippen molar-refractivity contribution in [3.8, 4) is 0 Å². The summed E-state index contributed by atoms with van der Waals surface area (Å²) in [5, 5.41) is 3.13. The number of hydrogen-bond acceptors (Lipinski definition) is 4. The standard InChI is InChI=1S/C13H20F2N2O2S/c1-3-17(4-2)10-9-16-11-5-7-12(8-6-11)20(18,19)13(14)15/h5-8,13,16H,3-4,9-10H2,1-2H3. The summed E-state index contributed by atoms with van der Waals surface area (Å²) < 4.78 is 47.2. The molecule has 7 heteroatoms. The Morgan fingerprint density at radius 3 is 2.15 bits per heavy atom. The van der Waals surface area contributed by atoms with E-state index in [-0.39, 0.29) is 4.90 Å². The number of likely N-dealkylation sites (N-methyl/N-ethyl adjacent to an activating group) is 1. The molecule has 20 heavy (non-hydrogen) atoms. The van der Waals surface area contributed by atoms with E-state index in [2.05, 4.69) is 24.1 Å². The average Bonchev–Trinajstić information content (AvgIpc) is 2.44. The second-order valence-electron chi connectivity index (χ2n) is 4.28. The Bertz CT molecular complexity index is 500. The van der Waals surface area contributed by atoms with Gasteiger partial charge in [0.15, 0.2) is 0 Å². The van der Waals surface area contributed by atoms with Crippen molar-refractivity contribution in [1.29, 1.82) is 0 Å². The maximum Gasteiger partial charge on any atom is 0.341 e. The summed E-state index contributed by atoms with van der Waals surface area (Å²) in [4.78, 5) is 1.88. The van der Waals surface area contributed by atoms with Crippen LogP contribution in [-0.2, 0) is 9.84 Å². The van der Waals surface area contributed by atoms with Crippen LogP contribution in [0.4, 0.5) is 14.5 Å². The molecule has 0 unspecified atom stereocenters.